The van der Waals surface area contributed by atoms with Gasteiger partial charge in [0, 0.05) is 22.7 Å². The highest BCUT2D eigenvalue weighted by atomic mass is 35.5. The number of aromatic nitrogens is 1. The Balaban J connectivity index is 1.68. The van der Waals surface area contributed by atoms with Crippen molar-refractivity contribution in [3.8, 4) is 11.3 Å². The molecule has 0 spiro atoms. The van der Waals surface area contributed by atoms with Crippen molar-refractivity contribution in [2.75, 3.05) is 0 Å². The molecule has 0 aliphatic carbocycles. The SMILES string of the molecule is O=C(NCc1cc(-c2ccc(F)cc2F)on1)c1ccc(Cl)cc1. The summed E-state index contributed by atoms with van der Waals surface area (Å²) in [5.41, 5.74) is 0.961. The molecule has 7 heteroatoms. The van der Waals surface area contributed by atoms with Gasteiger partial charge < -0.3 is 9.84 Å². The zero-order valence-electron chi connectivity index (χ0n) is 12.2. The molecule has 0 bridgehead atoms. The second kappa shape index (κ2) is 6.80. The van der Waals surface area contributed by atoms with E-state index < -0.39 is 11.6 Å². The van der Waals surface area contributed by atoms with Crippen molar-refractivity contribution in [3.05, 3.63) is 76.4 Å². The predicted octanol–water partition coefficient (Wildman–Crippen LogP) is 4.20. The molecule has 24 heavy (non-hydrogen) atoms. The van der Waals surface area contributed by atoms with Gasteiger partial charge in [-0.3, -0.25) is 4.79 Å². The average Bonchev–Trinajstić information content (AvgIpc) is 3.02. The summed E-state index contributed by atoms with van der Waals surface area (Å²) in [6, 6.07) is 11.1. The summed E-state index contributed by atoms with van der Waals surface area (Å²) in [5, 5.41) is 6.97. The molecule has 3 rings (SSSR count). The second-order valence-electron chi connectivity index (χ2n) is 5.00. The van der Waals surface area contributed by atoms with Crippen LogP contribution in [0.2, 0.25) is 5.02 Å². The molecule has 1 aromatic heterocycles. The van der Waals surface area contributed by atoms with E-state index in [0.29, 0.717) is 16.3 Å². The first-order valence-electron chi connectivity index (χ1n) is 6.98. The van der Waals surface area contributed by atoms with Crippen molar-refractivity contribution in [2.45, 2.75) is 6.54 Å². The van der Waals surface area contributed by atoms with Gasteiger partial charge in [0.2, 0.25) is 0 Å². The van der Waals surface area contributed by atoms with Gasteiger partial charge in [0.25, 0.3) is 5.91 Å². The Labute approximate surface area is 141 Å². The van der Waals surface area contributed by atoms with Crippen LogP contribution in [0.25, 0.3) is 11.3 Å². The lowest BCUT2D eigenvalue weighted by Crippen LogP contribution is -2.22. The summed E-state index contributed by atoms with van der Waals surface area (Å²) >= 11 is 5.76. The van der Waals surface area contributed by atoms with Crippen LogP contribution in [-0.2, 0) is 6.54 Å². The summed E-state index contributed by atoms with van der Waals surface area (Å²) in [6.45, 7) is 0.105. The molecule has 122 valence electrons. The van der Waals surface area contributed by atoms with E-state index in [-0.39, 0.29) is 23.8 Å². The quantitative estimate of drug-likeness (QED) is 0.768. The monoisotopic (exact) mass is 348 g/mol. The number of nitrogens with one attached hydrogen (secondary N) is 1. The molecule has 0 aliphatic heterocycles. The molecule has 3 aromatic rings. The Morgan fingerprint density at radius 1 is 1.12 bits per heavy atom. The van der Waals surface area contributed by atoms with Gasteiger partial charge in [0.1, 0.15) is 17.3 Å². The van der Waals surface area contributed by atoms with E-state index in [4.69, 9.17) is 16.1 Å². The molecular formula is C17H11ClF2N2O2. The number of carbonyl (C=O) groups is 1. The number of amides is 1. The number of carbonyl (C=O) groups excluding carboxylic acids is 1. The van der Waals surface area contributed by atoms with Gasteiger partial charge in [-0.25, -0.2) is 8.78 Å². The third-order valence-corrected chi connectivity index (χ3v) is 3.54. The maximum absolute atomic E-state index is 13.7. The molecule has 4 nitrogen and oxygen atoms in total. The number of rotatable bonds is 4. The van der Waals surface area contributed by atoms with Crippen molar-refractivity contribution in [1.29, 1.82) is 0 Å². The van der Waals surface area contributed by atoms with Gasteiger partial charge >= 0.3 is 0 Å². The van der Waals surface area contributed by atoms with Gasteiger partial charge in [0.15, 0.2) is 5.76 Å². The summed E-state index contributed by atoms with van der Waals surface area (Å²) in [7, 11) is 0. The van der Waals surface area contributed by atoms with Crippen LogP contribution in [0.15, 0.2) is 53.1 Å². The molecule has 0 saturated heterocycles. The third kappa shape index (κ3) is 3.60. The van der Waals surface area contributed by atoms with E-state index in [1.807, 2.05) is 0 Å². The van der Waals surface area contributed by atoms with Gasteiger partial charge in [-0.2, -0.15) is 0 Å². The maximum Gasteiger partial charge on any atom is 0.251 e. The van der Waals surface area contributed by atoms with E-state index in [1.165, 1.54) is 12.1 Å². The minimum atomic E-state index is -0.747. The largest absolute Gasteiger partial charge is 0.356 e. The number of nitrogens with zero attached hydrogens (tertiary/aromatic N) is 1. The zero-order valence-corrected chi connectivity index (χ0v) is 13.0. The van der Waals surface area contributed by atoms with Crippen molar-refractivity contribution >= 4 is 17.5 Å². The second-order valence-corrected chi connectivity index (χ2v) is 5.43. The van der Waals surface area contributed by atoms with Gasteiger partial charge in [-0.15, -0.1) is 0 Å². The lowest BCUT2D eigenvalue weighted by molar-refractivity contribution is 0.0950. The van der Waals surface area contributed by atoms with E-state index >= 15 is 0 Å². The molecule has 2 aromatic carbocycles. The average molecular weight is 349 g/mol. The summed E-state index contributed by atoms with van der Waals surface area (Å²) < 4.78 is 31.7. The van der Waals surface area contributed by atoms with E-state index in [9.17, 15) is 13.6 Å². The van der Waals surface area contributed by atoms with Crippen molar-refractivity contribution < 1.29 is 18.1 Å². The Hall–Kier alpha value is -2.73. The van der Waals surface area contributed by atoms with Crippen LogP contribution in [0.5, 0.6) is 0 Å². The standard InChI is InChI=1S/C17H11ClF2N2O2/c18-11-3-1-10(2-4-11)17(23)21-9-13-8-16(24-22-13)14-6-5-12(19)7-15(14)20/h1-8H,9H2,(H,21,23). The summed E-state index contributed by atoms with van der Waals surface area (Å²) in [6.07, 6.45) is 0. The Bertz CT molecular complexity index is 879. The molecule has 1 N–H and O–H groups in total. The fraction of sp³-hybridized carbons (Fsp3) is 0.0588. The van der Waals surface area contributed by atoms with Gasteiger partial charge in [-0.1, -0.05) is 16.8 Å². The number of hydrogen-bond donors (Lipinski definition) is 1. The molecular weight excluding hydrogens is 338 g/mol. The van der Waals surface area contributed by atoms with E-state index in [1.54, 1.807) is 24.3 Å². The minimum Gasteiger partial charge on any atom is -0.356 e. The number of hydrogen-bond acceptors (Lipinski definition) is 3. The van der Waals surface area contributed by atoms with Crippen LogP contribution in [0, 0.1) is 11.6 Å². The third-order valence-electron chi connectivity index (χ3n) is 3.29. The number of halogens is 3. The van der Waals surface area contributed by atoms with Crippen LogP contribution in [0.4, 0.5) is 8.78 Å². The first-order valence-corrected chi connectivity index (χ1v) is 7.35. The first-order chi connectivity index (χ1) is 11.5. The molecule has 0 saturated carbocycles. The molecule has 1 amide bonds. The first kappa shape index (κ1) is 16.1. The number of benzene rings is 2. The Morgan fingerprint density at radius 3 is 2.58 bits per heavy atom. The van der Waals surface area contributed by atoms with Crippen LogP contribution >= 0.6 is 11.6 Å². The Kier molecular flexibility index (Phi) is 4.57. The van der Waals surface area contributed by atoms with Crippen LogP contribution < -0.4 is 5.32 Å². The summed E-state index contributed by atoms with van der Waals surface area (Å²) in [4.78, 5) is 12.0. The highest BCUT2D eigenvalue weighted by Gasteiger charge is 2.13. The van der Waals surface area contributed by atoms with Gasteiger partial charge in [-0.05, 0) is 36.4 Å². The molecule has 0 aliphatic rings. The van der Waals surface area contributed by atoms with Crippen molar-refractivity contribution in [3.63, 3.8) is 0 Å². The molecule has 0 unspecified atom stereocenters. The smallest absolute Gasteiger partial charge is 0.251 e. The van der Waals surface area contributed by atoms with E-state index in [0.717, 1.165) is 12.1 Å². The van der Waals surface area contributed by atoms with Crippen LogP contribution in [0.1, 0.15) is 16.1 Å². The molecule has 0 atom stereocenters. The van der Waals surface area contributed by atoms with Crippen molar-refractivity contribution in [2.24, 2.45) is 0 Å². The fourth-order valence-electron chi connectivity index (χ4n) is 2.09. The highest BCUT2D eigenvalue weighted by molar-refractivity contribution is 6.30. The minimum absolute atomic E-state index is 0.0965. The zero-order chi connectivity index (χ0) is 17.1. The fourth-order valence-corrected chi connectivity index (χ4v) is 2.21. The lowest BCUT2D eigenvalue weighted by atomic mass is 10.1. The summed E-state index contributed by atoms with van der Waals surface area (Å²) in [5.74, 6) is -1.57. The highest BCUT2D eigenvalue weighted by Crippen LogP contribution is 2.24. The van der Waals surface area contributed by atoms with Crippen LogP contribution in [-0.4, -0.2) is 11.1 Å². The lowest BCUT2D eigenvalue weighted by Gasteiger charge is -2.02. The molecule has 1 heterocycles. The van der Waals surface area contributed by atoms with Crippen molar-refractivity contribution in [1.82, 2.24) is 10.5 Å². The molecule has 0 radical (unpaired) electrons. The van der Waals surface area contributed by atoms with Gasteiger partial charge in [0.05, 0.1) is 12.1 Å². The Morgan fingerprint density at radius 2 is 1.88 bits per heavy atom. The molecule has 0 fully saturated rings. The maximum atomic E-state index is 13.7. The normalized spacial score (nSPS) is 10.6. The predicted molar refractivity (Wildman–Crippen MR) is 84.5 cm³/mol. The van der Waals surface area contributed by atoms with Crippen LogP contribution in [0.3, 0.4) is 0 Å². The van der Waals surface area contributed by atoms with E-state index in [2.05, 4.69) is 10.5 Å². The topological polar surface area (TPSA) is 55.1 Å².